The average Bonchev–Trinajstić information content (AvgIpc) is 3.28. The largest absolute Gasteiger partial charge is 0.385 e. The van der Waals surface area contributed by atoms with Crippen molar-refractivity contribution in [2.45, 2.75) is 13.0 Å². The van der Waals surface area contributed by atoms with E-state index in [1.54, 1.807) is 13.3 Å². The second-order valence-corrected chi connectivity index (χ2v) is 6.02. The maximum Gasteiger partial charge on any atom is 0.260 e. The van der Waals surface area contributed by atoms with E-state index in [2.05, 4.69) is 15.1 Å². The summed E-state index contributed by atoms with van der Waals surface area (Å²) in [6, 6.07) is 9.85. The van der Waals surface area contributed by atoms with Gasteiger partial charge in [0.1, 0.15) is 0 Å². The Morgan fingerprint density at radius 1 is 1.19 bits per heavy atom. The molecule has 0 atom stereocenters. The van der Waals surface area contributed by atoms with Crippen LogP contribution in [-0.4, -0.2) is 38.0 Å². The Kier molecular flexibility index (Phi) is 4.37. The van der Waals surface area contributed by atoms with Gasteiger partial charge in [-0.2, -0.15) is 5.10 Å². The molecule has 4 aromatic rings. The van der Waals surface area contributed by atoms with Gasteiger partial charge in [0.15, 0.2) is 5.65 Å². The maximum absolute atomic E-state index is 12.5. The van der Waals surface area contributed by atoms with E-state index < -0.39 is 0 Å². The van der Waals surface area contributed by atoms with Crippen LogP contribution in [0, 0.1) is 0 Å². The van der Waals surface area contributed by atoms with E-state index in [-0.39, 0.29) is 5.56 Å². The van der Waals surface area contributed by atoms with Crippen LogP contribution in [0.25, 0.3) is 27.8 Å². The molecule has 0 saturated heterocycles. The van der Waals surface area contributed by atoms with Gasteiger partial charge in [-0.3, -0.25) is 9.48 Å². The van der Waals surface area contributed by atoms with E-state index in [1.165, 1.54) is 6.33 Å². The summed E-state index contributed by atoms with van der Waals surface area (Å²) in [5.41, 5.74) is 3.13. The van der Waals surface area contributed by atoms with Crippen molar-refractivity contribution in [3.8, 4) is 16.8 Å². The number of aromatic nitrogens is 5. The number of para-hydroxylation sites is 1. The Morgan fingerprint density at radius 3 is 2.85 bits per heavy atom. The fourth-order valence-electron chi connectivity index (χ4n) is 3.07. The molecule has 132 valence electrons. The monoisotopic (exact) mass is 349 g/mol. The standard InChI is InChI=1S/C19H19N5O2/c1-26-9-5-8-23-11-14(10-22-23)16-12-24(15-6-3-2-4-7-15)18-17(16)19(25)21-13-20-18/h2-4,6-7,10-13H,5,8-9H2,1H3,(H,20,21,25). The fourth-order valence-corrected chi connectivity index (χ4v) is 3.07. The minimum Gasteiger partial charge on any atom is -0.385 e. The molecule has 7 nitrogen and oxygen atoms in total. The van der Waals surface area contributed by atoms with Crippen LogP contribution in [0.1, 0.15) is 6.42 Å². The summed E-state index contributed by atoms with van der Waals surface area (Å²) in [5, 5.41) is 4.96. The number of aromatic amines is 1. The van der Waals surface area contributed by atoms with Crippen molar-refractivity contribution in [1.82, 2.24) is 24.3 Å². The first-order valence-corrected chi connectivity index (χ1v) is 8.44. The number of nitrogens with one attached hydrogen (secondary N) is 1. The van der Waals surface area contributed by atoms with Crippen molar-refractivity contribution >= 4 is 11.0 Å². The minimum atomic E-state index is -0.160. The third-order valence-electron chi connectivity index (χ3n) is 4.30. The Balaban J connectivity index is 1.82. The molecule has 26 heavy (non-hydrogen) atoms. The molecule has 0 aliphatic carbocycles. The van der Waals surface area contributed by atoms with Crippen LogP contribution in [0.15, 0.2) is 60.0 Å². The lowest BCUT2D eigenvalue weighted by Crippen LogP contribution is -2.07. The first-order chi connectivity index (χ1) is 12.8. The number of benzene rings is 1. The number of rotatable bonds is 6. The number of aryl methyl sites for hydroxylation is 1. The highest BCUT2D eigenvalue weighted by atomic mass is 16.5. The smallest absolute Gasteiger partial charge is 0.260 e. The van der Waals surface area contributed by atoms with Crippen LogP contribution < -0.4 is 5.56 Å². The number of hydrogen-bond donors (Lipinski definition) is 1. The summed E-state index contributed by atoms with van der Waals surface area (Å²) in [4.78, 5) is 19.6. The third kappa shape index (κ3) is 2.93. The zero-order valence-corrected chi connectivity index (χ0v) is 14.4. The molecule has 0 spiro atoms. The Labute approximate surface area is 149 Å². The van der Waals surface area contributed by atoms with Gasteiger partial charge in [0, 0.05) is 49.5 Å². The predicted molar refractivity (Wildman–Crippen MR) is 99.4 cm³/mol. The number of nitrogens with zero attached hydrogens (tertiary/aromatic N) is 4. The summed E-state index contributed by atoms with van der Waals surface area (Å²) < 4.78 is 8.88. The molecule has 0 aliphatic rings. The van der Waals surface area contributed by atoms with E-state index in [0.717, 1.165) is 29.8 Å². The van der Waals surface area contributed by atoms with Crippen molar-refractivity contribution in [3.05, 3.63) is 65.6 Å². The molecule has 0 fully saturated rings. The molecule has 1 aromatic carbocycles. The number of methoxy groups -OCH3 is 1. The van der Waals surface area contributed by atoms with Crippen LogP contribution in [0.3, 0.4) is 0 Å². The van der Waals surface area contributed by atoms with Gasteiger partial charge in [0.05, 0.1) is 17.9 Å². The normalized spacial score (nSPS) is 11.3. The van der Waals surface area contributed by atoms with Crippen LogP contribution in [0.5, 0.6) is 0 Å². The molecule has 1 N–H and O–H groups in total. The zero-order chi connectivity index (χ0) is 17.9. The molecular formula is C19H19N5O2. The first-order valence-electron chi connectivity index (χ1n) is 8.44. The lowest BCUT2D eigenvalue weighted by molar-refractivity contribution is 0.189. The van der Waals surface area contributed by atoms with Crippen molar-refractivity contribution in [2.75, 3.05) is 13.7 Å². The highest BCUT2D eigenvalue weighted by Gasteiger charge is 2.16. The van der Waals surface area contributed by atoms with E-state index >= 15 is 0 Å². The number of hydrogen-bond acceptors (Lipinski definition) is 4. The van der Waals surface area contributed by atoms with Crippen LogP contribution >= 0.6 is 0 Å². The van der Waals surface area contributed by atoms with Gasteiger partial charge in [-0.25, -0.2) is 4.98 Å². The van der Waals surface area contributed by atoms with Crippen LogP contribution in [0.4, 0.5) is 0 Å². The topological polar surface area (TPSA) is 77.7 Å². The second-order valence-electron chi connectivity index (χ2n) is 6.02. The van der Waals surface area contributed by atoms with Crippen LogP contribution in [-0.2, 0) is 11.3 Å². The summed E-state index contributed by atoms with van der Waals surface area (Å²) >= 11 is 0. The quantitative estimate of drug-likeness (QED) is 0.543. The van der Waals surface area contributed by atoms with E-state index in [9.17, 15) is 4.79 Å². The molecule has 0 bridgehead atoms. The van der Waals surface area contributed by atoms with Crippen molar-refractivity contribution in [2.24, 2.45) is 0 Å². The molecule has 3 heterocycles. The maximum atomic E-state index is 12.5. The lowest BCUT2D eigenvalue weighted by Gasteiger charge is -2.02. The molecule has 0 aliphatic heterocycles. The van der Waals surface area contributed by atoms with Gasteiger partial charge < -0.3 is 14.3 Å². The molecular weight excluding hydrogens is 330 g/mol. The molecule has 0 unspecified atom stereocenters. The molecule has 3 aromatic heterocycles. The first kappa shape index (κ1) is 16.3. The zero-order valence-electron chi connectivity index (χ0n) is 14.4. The highest BCUT2D eigenvalue weighted by molar-refractivity contribution is 5.94. The number of H-pyrrole nitrogens is 1. The number of ether oxygens (including phenoxy) is 1. The SMILES string of the molecule is COCCCn1cc(-c2cn(-c3ccccc3)c3nc[nH]c(=O)c23)cn1. The van der Waals surface area contributed by atoms with E-state index in [0.29, 0.717) is 17.6 Å². The summed E-state index contributed by atoms with van der Waals surface area (Å²) in [6.45, 7) is 1.45. The Hall–Kier alpha value is -3.19. The van der Waals surface area contributed by atoms with Gasteiger partial charge in [-0.05, 0) is 18.6 Å². The van der Waals surface area contributed by atoms with Crippen molar-refractivity contribution in [3.63, 3.8) is 0 Å². The molecule has 7 heteroatoms. The van der Waals surface area contributed by atoms with Gasteiger partial charge in [0.25, 0.3) is 5.56 Å². The lowest BCUT2D eigenvalue weighted by atomic mass is 10.1. The predicted octanol–water partition coefficient (Wildman–Crippen LogP) is 2.61. The highest BCUT2D eigenvalue weighted by Crippen LogP contribution is 2.29. The van der Waals surface area contributed by atoms with Crippen LogP contribution in [0.2, 0.25) is 0 Å². The van der Waals surface area contributed by atoms with E-state index in [4.69, 9.17) is 4.74 Å². The fraction of sp³-hybridized carbons (Fsp3) is 0.211. The molecule has 4 rings (SSSR count). The Morgan fingerprint density at radius 2 is 2.04 bits per heavy atom. The van der Waals surface area contributed by atoms with Gasteiger partial charge in [0.2, 0.25) is 0 Å². The van der Waals surface area contributed by atoms with Crippen molar-refractivity contribution < 1.29 is 4.74 Å². The second kappa shape index (κ2) is 6.97. The average molecular weight is 349 g/mol. The number of fused-ring (bicyclic) bond motifs is 1. The molecule has 0 radical (unpaired) electrons. The minimum absolute atomic E-state index is 0.160. The summed E-state index contributed by atoms with van der Waals surface area (Å²) in [5.74, 6) is 0. The van der Waals surface area contributed by atoms with Gasteiger partial charge in [-0.15, -0.1) is 0 Å². The van der Waals surface area contributed by atoms with Gasteiger partial charge >= 0.3 is 0 Å². The van der Waals surface area contributed by atoms with Crippen molar-refractivity contribution in [1.29, 1.82) is 0 Å². The Bertz CT molecular complexity index is 1080. The summed E-state index contributed by atoms with van der Waals surface area (Å²) in [6.07, 6.45) is 7.99. The molecule has 0 saturated carbocycles. The van der Waals surface area contributed by atoms with Gasteiger partial charge in [-0.1, -0.05) is 18.2 Å². The van der Waals surface area contributed by atoms with E-state index in [1.807, 2.05) is 52.0 Å². The molecule has 0 amide bonds. The third-order valence-corrected chi connectivity index (χ3v) is 4.30. The summed E-state index contributed by atoms with van der Waals surface area (Å²) in [7, 11) is 1.69.